The van der Waals surface area contributed by atoms with Crippen molar-refractivity contribution in [1.82, 2.24) is 5.32 Å². The van der Waals surface area contributed by atoms with Crippen molar-refractivity contribution in [2.75, 3.05) is 35.7 Å². The minimum atomic E-state index is -0.918. The summed E-state index contributed by atoms with van der Waals surface area (Å²) in [6.45, 7) is 8.94. The summed E-state index contributed by atoms with van der Waals surface area (Å²) < 4.78 is 5.26. The lowest BCUT2D eigenvalue weighted by molar-refractivity contribution is -0.137. The lowest BCUT2D eigenvalue weighted by atomic mass is 9.91. The van der Waals surface area contributed by atoms with E-state index in [4.69, 9.17) is 16.3 Å². The average molecular weight is 478 g/mol. The molecule has 0 bridgehead atoms. The zero-order valence-corrected chi connectivity index (χ0v) is 19.3. The standard InChI is InChI=1S/C20H30BrClN2O4/c1-14-5-6-16(24(9-7-21)10-8-22)12-17(14)15(11-18(25)26)13-23-19(27)28-20(2,3)4/h5-6,12,15H,7-11,13H2,1-4H3,(H,23,27)(H,25,26). The number of hydrogen-bond donors (Lipinski definition) is 2. The largest absolute Gasteiger partial charge is 0.481 e. The van der Waals surface area contributed by atoms with Gasteiger partial charge in [-0.3, -0.25) is 4.79 Å². The molecule has 0 fully saturated rings. The topological polar surface area (TPSA) is 78.9 Å². The monoisotopic (exact) mass is 476 g/mol. The maximum absolute atomic E-state index is 12.0. The molecule has 2 N–H and O–H groups in total. The van der Waals surface area contributed by atoms with Crippen LogP contribution in [0.3, 0.4) is 0 Å². The van der Waals surface area contributed by atoms with Crippen molar-refractivity contribution >= 4 is 45.3 Å². The van der Waals surface area contributed by atoms with Gasteiger partial charge in [0.25, 0.3) is 0 Å². The highest BCUT2D eigenvalue weighted by atomic mass is 79.9. The van der Waals surface area contributed by atoms with Crippen LogP contribution in [-0.2, 0) is 9.53 Å². The summed E-state index contributed by atoms with van der Waals surface area (Å²) in [6, 6.07) is 5.98. The van der Waals surface area contributed by atoms with Gasteiger partial charge < -0.3 is 20.1 Å². The van der Waals surface area contributed by atoms with Gasteiger partial charge in [0.15, 0.2) is 0 Å². The minimum absolute atomic E-state index is 0.0892. The van der Waals surface area contributed by atoms with Gasteiger partial charge in [0.1, 0.15) is 5.60 Å². The van der Waals surface area contributed by atoms with Gasteiger partial charge in [-0.25, -0.2) is 4.79 Å². The molecule has 1 unspecified atom stereocenters. The number of nitrogens with zero attached hydrogens (tertiary/aromatic N) is 1. The van der Waals surface area contributed by atoms with E-state index in [0.29, 0.717) is 12.4 Å². The fourth-order valence-corrected chi connectivity index (χ4v) is 3.49. The number of benzene rings is 1. The third-order valence-corrected chi connectivity index (χ3v) is 4.61. The Morgan fingerprint density at radius 2 is 2.00 bits per heavy atom. The van der Waals surface area contributed by atoms with Crippen molar-refractivity contribution in [3.05, 3.63) is 29.3 Å². The summed E-state index contributed by atoms with van der Waals surface area (Å²) in [6.07, 6.45) is -0.645. The van der Waals surface area contributed by atoms with Crippen LogP contribution >= 0.6 is 27.5 Å². The zero-order chi connectivity index (χ0) is 21.3. The molecule has 1 aromatic rings. The van der Waals surface area contributed by atoms with Gasteiger partial charge in [-0.15, -0.1) is 11.6 Å². The van der Waals surface area contributed by atoms with E-state index in [1.165, 1.54) is 0 Å². The van der Waals surface area contributed by atoms with Gasteiger partial charge in [-0.1, -0.05) is 22.0 Å². The molecular formula is C20H30BrClN2O4. The van der Waals surface area contributed by atoms with Crippen molar-refractivity contribution < 1.29 is 19.4 Å². The van der Waals surface area contributed by atoms with Crippen molar-refractivity contribution in [3.8, 4) is 0 Å². The van der Waals surface area contributed by atoms with Crippen molar-refractivity contribution in [2.24, 2.45) is 0 Å². The molecule has 6 nitrogen and oxygen atoms in total. The summed E-state index contributed by atoms with van der Waals surface area (Å²) in [7, 11) is 0. The zero-order valence-electron chi connectivity index (χ0n) is 16.9. The number of ether oxygens (including phenoxy) is 1. The molecule has 0 spiro atoms. The highest BCUT2D eigenvalue weighted by Crippen LogP contribution is 2.28. The van der Waals surface area contributed by atoms with E-state index in [9.17, 15) is 14.7 Å². The summed E-state index contributed by atoms with van der Waals surface area (Å²) in [5.74, 6) is -0.791. The second kappa shape index (κ2) is 11.5. The number of halogens is 2. The maximum Gasteiger partial charge on any atom is 0.407 e. The van der Waals surface area contributed by atoms with Crippen LogP contribution in [0.25, 0.3) is 0 Å². The number of carbonyl (C=O) groups excluding carboxylic acids is 1. The number of nitrogens with one attached hydrogen (secondary N) is 1. The van der Waals surface area contributed by atoms with Crippen LogP contribution in [0.4, 0.5) is 10.5 Å². The average Bonchev–Trinajstić information content (AvgIpc) is 2.57. The fraction of sp³-hybridized carbons (Fsp3) is 0.600. The van der Waals surface area contributed by atoms with Crippen LogP contribution in [-0.4, -0.2) is 53.6 Å². The van der Waals surface area contributed by atoms with E-state index in [1.807, 2.05) is 25.1 Å². The van der Waals surface area contributed by atoms with E-state index >= 15 is 0 Å². The Hall–Kier alpha value is -1.47. The molecule has 158 valence electrons. The Morgan fingerprint density at radius 1 is 1.32 bits per heavy atom. The van der Waals surface area contributed by atoms with Gasteiger partial charge in [0, 0.05) is 42.4 Å². The summed E-state index contributed by atoms with van der Waals surface area (Å²) in [5.41, 5.74) is 2.24. The predicted molar refractivity (Wildman–Crippen MR) is 117 cm³/mol. The first-order valence-corrected chi connectivity index (χ1v) is 10.9. The third kappa shape index (κ3) is 8.69. The highest BCUT2D eigenvalue weighted by molar-refractivity contribution is 9.09. The minimum Gasteiger partial charge on any atom is -0.481 e. The lowest BCUT2D eigenvalue weighted by Gasteiger charge is -2.26. The molecule has 1 amide bonds. The van der Waals surface area contributed by atoms with E-state index in [0.717, 1.165) is 28.7 Å². The number of anilines is 1. The van der Waals surface area contributed by atoms with Gasteiger partial charge in [0.05, 0.1) is 6.42 Å². The summed E-state index contributed by atoms with van der Waals surface area (Å²) in [5, 5.41) is 12.9. The SMILES string of the molecule is Cc1ccc(N(CCCl)CCBr)cc1C(CNC(=O)OC(C)(C)C)CC(=O)O. The number of rotatable bonds is 10. The molecule has 0 radical (unpaired) electrons. The molecule has 1 atom stereocenters. The molecule has 8 heteroatoms. The number of alkyl carbamates (subject to hydrolysis) is 1. The lowest BCUT2D eigenvalue weighted by Crippen LogP contribution is -2.35. The van der Waals surface area contributed by atoms with Gasteiger partial charge >= 0.3 is 12.1 Å². The van der Waals surface area contributed by atoms with Crippen LogP contribution in [0.5, 0.6) is 0 Å². The first kappa shape index (κ1) is 24.6. The predicted octanol–water partition coefficient (Wildman–Crippen LogP) is 4.52. The van der Waals surface area contributed by atoms with Crippen LogP contribution in [0, 0.1) is 6.92 Å². The van der Waals surface area contributed by atoms with Crippen molar-refractivity contribution in [1.29, 1.82) is 0 Å². The molecule has 28 heavy (non-hydrogen) atoms. The second-order valence-electron chi connectivity index (χ2n) is 7.58. The van der Waals surface area contributed by atoms with Crippen LogP contribution in [0.15, 0.2) is 18.2 Å². The Bertz CT molecular complexity index is 658. The van der Waals surface area contributed by atoms with Gasteiger partial charge in [0.2, 0.25) is 0 Å². The number of amides is 1. The second-order valence-corrected chi connectivity index (χ2v) is 8.75. The number of carboxylic acid groups (broad SMARTS) is 1. The van der Waals surface area contributed by atoms with Crippen LogP contribution in [0.1, 0.15) is 44.2 Å². The van der Waals surface area contributed by atoms with Crippen LogP contribution in [0.2, 0.25) is 0 Å². The van der Waals surface area contributed by atoms with E-state index in [1.54, 1.807) is 20.8 Å². The molecule has 0 aliphatic rings. The molecule has 0 saturated heterocycles. The number of aryl methyl sites for hydroxylation is 1. The van der Waals surface area contributed by atoms with E-state index in [2.05, 4.69) is 26.1 Å². The number of carboxylic acids is 1. The molecule has 1 aromatic carbocycles. The molecule has 0 aliphatic heterocycles. The Morgan fingerprint density at radius 3 is 2.54 bits per heavy atom. The number of aliphatic carboxylic acids is 1. The first-order valence-electron chi connectivity index (χ1n) is 9.23. The normalized spacial score (nSPS) is 12.4. The molecule has 0 heterocycles. The van der Waals surface area contributed by atoms with Gasteiger partial charge in [-0.2, -0.15) is 0 Å². The number of hydrogen-bond acceptors (Lipinski definition) is 4. The molecule has 0 aliphatic carbocycles. The molecule has 0 aromatic heterocycles. The van der Waals surface area contributed by atoms with Crippen LogP contribution < -0.4 is 10.2 Å². The number of carbonyl (C=O) groups is 2. The summed E-state index contributed by atoms with van der Waals surface area (Å²) in [4.78, 5) is 25.6. The van der Waals surface area contributed by atoms with E-state index < -0.39 is 17.7 Å². The molecule has 0 saturated carbocycles. The van der Waals surface area contributed by atoms with E-state index in [-0.39, 0.29) is 18.9 Å². The maximum atomic E-state index is 12.0. The molecule has 1 rings (SSSR count). The smallest absolute Gasteiger partial charge is 0.407 e. The quantitative estimate of drug-likeness (QED) is 0.484. The van der Waals surface area contributed by atoms with Crippen molar-refractivity contribution in [2.45, 2.75) is 45.6 Å². The fourth-order valence-electron chi connectivity index (χ4n) is 2.86. The Labute approximate surface area is 180 Å². The number of alkyl halides is 2. The summed E-state index contributed by atoms with van der Waals surface area (Å²) >= 11 is 9.38. The van der Waals surface area contributed by atoms with Crippen molar-refractivity contribution in [3.63, 3.8) is 0 Å². The van der Waals surface area contributed by atoms with Gasteiger partial charge in [-0.05, 0) is 51.0 Å². The highest BCUT2D eigenvalue weighted by Gasteiger charge is 2.22. The third-order valence-electron chi connectivity index (χ3n) is 4.09. The Kier molecular flexibility index (Phi) is 10.1. The molecular weight excluding hydrogens is 448 g/mol. The first-order chi connectivity index (χ1) is 13.1. The Balaban J connectivity index is 3.07.